The molecule has 1 aromatic carbocycles. The van der Waals surface area contributed by atoms with Crippen LogP contribution >= 0.6 is 0 Å². The first-order valence-electron chi connectivity index (χ1n) is 5.12. The fourth-order valence-corrected chi connectivity index (χ4v) is 1.25. The van der Waals surface area contributed by atoms with Gasteiger partial charge in [0.05, 0.1) is 30.0 Å². The Morgan fingerprint density at radius 1 is 1.39 bits per heavy atom. The van der Waals surface area contributed by atoms with Gasteiger partial charge in [-0.15, -0.1) is 0 Å². The maximum Gasteiger partial charge on any atom is 0.255 e. The molecule has 1 aromatic rings. The topological polar surface area (TPSA) is 95.6 Å². The number of rotatable bonds is 4. The van der Waals surface area contributed by atoms with Crippen LogP contribution in [0.2, 0.25) is 0 Å². The number of carbonyl (C=O) groups excluding carboxylic acids is 1. The van der Waals surface area contributed by atoms with E-state index in [0.29, 0.717) is 6.07 Å². The van der Waals surface area contributed by atoms with Crippen molar-refractivity contribution in [3.05, 3.63) is 29.3 Å². The van der Waals surface area contributed by atoms with Crippen LogP contribution in [0.3, 0.4) is 0 Å². The fraction of sp³-hybridized carbons (Fsp3) is 0.364. The van der Waals surface area contributed by atoms with E-state index >= 15 is 0 Å². The van der Waals surface area contributed by atoms with Gasteiger partial charge in [0.2, 0.25) is 0 Å². The van der Waals surface area contributed by atoms with Gasteiger partial charge < -0.3 is 21.3 Å². The molecule has 5 nitrogen and oxygen atoms in total. The number of hydrogen-bond acceptors (Lipinski definition) is 4. The third-order valence-electron chi connectivity index (χ3n) is 2.42. The molecule has 0 bridgehead atoms. The van der Waals surface area contributed by atoms with Gasteiger partial charge in [-0.3, -0.25) is 4.79 Å². The molecule has 0 aliphatic carbocycles. The molecular weight excluding hydrogens is 246 g/mol. The van der Waals surface area contributed by atoms with Crippen molar-refractivity contribution >= 4 is 11.6 Å². The molecule has 0 aliphatic heterocycles. The second kappa shape index (κ2) is 5.28. The van der Waals surface area contributed by atoms with Crippen LogP contribution in [0.4, 0.5) is 14.5 Å². The van der Waals surface area contributed by atoms with E-state index in [1.165, 1.54) is 6.92 Å². The van der Waals surface area contributed by atoms with Crippen molar-refractivity contribution < 1.29 is 23.8 Å². The van der Waals surface area contributed by atoms with E-state index in [1.54, 1.807) is 0 Å². The number of hydrogen-bond donors (Lipinski definition) is 4. The third-order valence-corrected chi connectivity index (χ3v) is 2.42. The first-order chi connectivity index (χ1) is 8.33. The van der Waals surface area contributed by atoms with Crippen LogP contribution in [-0.2, 0) is 0 Å². The highest BCUT2D eigenvalue weighted by atomic mass is 19.1. The van der Waals surface area contributed by atoms with Gasteiger partial charge in [0.25, 0.3) is 5.91 Å². The van der Waals surface area contributed by atoms with E-state index in [2.05, 4.69) is 5.32 Å². The summed E-state index contributed by atoms with van der Waals surface area (Å²) in [7, 11) is 0. The molecule has 0 saturated heterocycles. The van der Waals surface area contributed by atoms with Gasteiger partial charge in [-0.2, -0.15) is 0 Å². The predicted molar refractivity (Wildman–Crippen MR) is 60.8 cm³/mol. The van der Waals surface area contributed by atoms with E-state index in [9.17, 15) is 13.6 Å². The van der Waals surface area contributed by atoms with Crippen LogP contribution < -0.4 is 11.1 Å². The Morgan fingerprint density at radius 3 is 2.44 bits per heavy atom. The van der Waals surface area contributed by atoms with Crippen LogP contribution in [0.5, 0.6) is 0 Å². The van der Waals surface area contributed by atoms with Crippen molar-refractivity contribution in [3.63, 3.8) is 0 Å². The van der Waals surface area contributed by atoms with E-state index < -0.39 is 47.5 Å². The number of carbonyl (C=O) groups is 1. The molecule has 18 heavy (non-hydrogen) atoms. The highest BCUT2D eigenvalue weighted by molar-refractivity contribution is 5.95. The van der Waals surface area contributed by atoms with Crippen molar-refractivity contribution in [1.82, 2.24) is 5.32 Å². The number of nitrogens with one attached hydrogen (secondary N) is 1. The van der Waals surface area contributed by atoms with Gasteiger partial charge in [0.15, 0.2) is 5.82 Å². The maximum absolute atomic E-state index is 13.5. The lowest BCUT2D eigenvalue weighted by Gasteiger charge is -2.26. The van der Waals surface area contributed by atoms with Crippen LogP contribution in [0, 0.1) is 11.6 Å². The van der Waals surface area contributed by atoms with E-state index in [1.807, 2.05) is 0 Å². The Bertz CT molecular complexity index is 462. The molecule has 0 aromatic heterocycles. The number of nitrogen functional groups attached to an aromatic ring is 1. The maximum atomic E-state index is 13.5. The highest BCUT2D eigenvalue weighted by Crippen LogP contribution is 2.18. The van der Waals surface area contributed by atoms with Gasteiger partial charge in [-0.25, -0.2) is 8.78 Å². The Kier molecular flexibility index (Phi) is 4.20. The smallest absolute Gasteiger partial charge is 0.255 e. The molecule has 0 radical (unpaired) electrons. The number of aliphatic hydroxyl groups is 2. The molecular formula is C11H14F2N2O3. The second-order valence-electron chi connectivity index (χ2n) is 4.19. The number of aliphatic hydroxyl groups excluding tert-OH is 2. The van der Waals surface area contributed by atoms with Gasteiger partial charge in [-0.1, -0.05) is 0 Å². The Morgan fingerprint density at radius 2 is 1.94 bits per heavy atom. The summed E-state index contributed by atoms with van der Waals surface area (Å²) in [4.78, 5) is 11.7. The minimum atomic E-state index is -1.33. The zero-order valence-electron chi connectivity index (χ0n) is 9.70. The quantitative estimate of drug-likeness (QED) is 0.574. The zero-order valence-corrected chi connectivity index (χ0v) is 9.70. The molecule has 0 atom stereocenters. The molecule has 0 saturated carbocycles. The SMILES string of the molecule is CC(CO)(CO)NC(=O)c1cc(F)cc(N)c1F. The first-order valence-corrected chi connectivity index (χ1v) is 5.12. The van der Waals surface area contributed by atoms with Crippen LogP contribution in [0.1, 0.15) is 17.3 Å². The molecule has 0 heterocycles. The van der Waals surface area contributed by atoms with Crippen molar-refractivity contribution in [2.75, 3.05) is 18.9 Å². The van der Waals surface area contributed by atoms with E-state index in [0.717, 1.165) is 6.07 Å². The first kappa shape index (κ1) is 14.3. The number of nitrogens with two attached hydrogens (primary N) is 1. The summed E-state index contributed by atoms with van der Waals surface area (Å²) < 4.78 is 26.6. The molecule has 0 fully saturated rings. The molecule has 1 amide bonds. The standard InChI is InChI=1S/C11H14F2N2O3/c1-11(4-16,5-17)15-10(18)7-2-6(12)3-8(14)9(7)13/h2-3,16-17H,4-5,14H2,1H3,(H,15,18). The summed E-state index contributed by atoms with van der Waals surface area (Å²) in [5.41, 5.74) is 2.79. The lowest BCUT2D eigenvalue weighted by Crippen LogP contribution is -2.52. The van der Waals surface area contributed by atoms with Gasteiger partial charge in [0, 0.05) is 0 Å². The van der Waals surface area contributed by atoms with Crippen molar-refractivity contribution in [3.8, 4) is 0 Å². The van der Waals surface area contributed by atoms with E-state index in [4.69, 9.17) is 15.9 Å². The summed E-state index contributed by atoms with van der Waals surface area (Å²) in [6.45, 7) is 0.245. The number of benzene rings is 1. The number of anilines is 1. The zero-order chi connectivity index (χ0) is 13.9. The lowest BCUT2D eigenvalue weighted by molar-refractivity contribution is 0.0720. The van der Waals surface area contributed by atoms with Gasteiger partial charge >= 0.3 is 0 Å². The molecule has 1 rings (SSSR count). The average molecular weight is 260 g/mol. The number of amides is 1. The van der Waals surface area contributed by atoms with Gasteiger partial charge in [0.1, 0.15) is 5.82 Å². The van der Waals surface area contributed by atoms with Crippen molar-refractivity contribution in [2.45, 2.75) is 12.5 Å². The summed E-state index contributed by atoms with van der Waals surface area (Å²) >= 11 is 0. The van der Waals surface area contributed by atoms with Crippen LogP contribution in [0.25, 0.3) is 0 Å². The van der Waals surface area contributed by atoms with Crippen molar-refractivity contribution in [2.24, 2.45) is 0 Å². The average Bonchev–Trinajstić information content (AvgIpc) is 2.33. The summed E-state index contributed by atoms with van der Waals surface area (Å²) in [6.07, 6.45) is 0. The minimum Gasteiger partial charge on any atom is -0.396 e. The van der Waals surface area contributed by atoms with Gasteiger partial charge in [-0.05, 0) is 19.1 Å². The van der Waals surface area contributed by atoms with E-state index in [-0.39, 0.29) is 0 Å². The molecule has 0 spiro atoms. The molecule has 7 heteroatoms. The predicted octanol–water partition coefficient (Wildman–Crippen LogP) is 0.0201. The summed E-state index contributed by atoms with van der Waals surface area (Å²) in [5, 5.41) is 20.2. The second-order valence-corrected chi connectivity index (χ2v) is 4.19. The molecule has 0 unspecified atom stereocenters. The third kappa shape index (κ3) is 2.93. The summed E-state index contributed by atoms with van der Waals surface area (Å²) in [5.74, 6) is -2.87. The number of halogens is 2. The Labute approximate surface area is 102 Å². The fourth-order valence-electron chi connectivity index (χ4n) is 1.25. The molecule has 0 aliphatic rings. The van der Waals surface area contributed by atoms with Crippen molar-refractivity contribution in [1.29, 1.82) is 0 Å². The molecule has 5 N–H and O–H groups in total. The normalized spacial score (nSPS) is 11.4. The Hall–Kier alpha value is -1.73. The monoisotopic (exact) mass is 260 g/mol. The largest absolute Gasteiger partial charge is 0.396 e. The lowest BCUT2D eigenvalue weighted by atomic mass is 10.0. The molecule has 100 valence electrons. The Balaban J connectivity index is 3.05. The highest BCUT2D eigenvalue weighted by Gasteiger charge is 2.27. The van der Waals surface area contributed by atoms with Crippen LogP contribution in [-0.4, -0.2) is 34.9 Å². The summed E-state index contributed by atoms with van der Waals surface area (Å²) in [6, 6.07) is 1.44. The minimum absolute atomic E-state index is 0.491. The van der Waals surface area contributed by atoms with Crippen LogP contribution in [0.15, 0.2) is 12.1 Å².